The van der Waals surface area contributed by atoms with Crippen LogP contribution in [-0.2, 0) is 9.84 Å². The zero-order valence-corrected chi connectivity index (χ0v) is 13.5. The fourth-order valence-corrected chi connectivity index (χ4v) is 6.55. The molecule has 0 radical (unpaired) electrons. The first-order valence-electron chi connectivity index (χ1n) is 5.96. The number of hydrogen-bond donors (Lipinski definition) is 0. The zero-order chi connectivity index (χ0) is 13.2. The number of hydrogen-bond acceptors (Lipinski definition) is 3. The normalized spacial score (nSPS) is 24.3. The molecular formula is C13H17BrO2S2. The van der Waals surface area contributed by atoms with Gasteiger partial charge in [0.25, 0.3) is 0 Å². The van der Waals surface area contributed by atoms with E-state index in [0.29, 0.717) is 10.8 Å². The molecule has 2 nitrogen and oxygen atoms in total. The van der Waals surface area contributed by atoms with E-state index in [4.69, 9.17) is 0 Å². The summed E-state index contributed by atoms with van der Waals surface area (Å²) in [5.41, 5.74) is 1.09. The molecule has 1 aromatic rings. The van der Waals surface area contributed by atoms with Crippen LogP contribution in [0.25, 0.3) is 0 Å². The lowest BCUT2D eigenvalue weighted by Crippen LogP contribution is -2.23. The van der Waals surface area contributed by atoms with Crippen LogP contribution in [0.15, 0.2) is 29.2 Å². The van der Waals surface area contributed by atoms with Gasteiger partial charge in [-0.3, -0.25) is 0 Å². The van der Waals surface area contributed by atoms with Crippen molar-refractivity contribution in [3.63, 3.8) is 0 Å². The number of benzene rings is 1. The van der Waals surface area contributed by atoms with E-state index in [2.05, 4.69) is 15.9 Å². The first-order valence-corrected chi connectivity index (χ1v) is 9.89. The van der Waals surface area contributed by atoms with Crippen molar-refractivity contribution in [2.24, 2.45) is 11.8 Å². The minimum atomic E-state index is -3.14. The smallest absolute Gasteiger partial charge is 0.178 e. The molecule has 1 aliphatic heterocycles. The first-order chi connectivity index (χ1) is 8.53. The van der Waals surface area contributed by atoms with Crippen LogP contribution in [-0.4, -0.2) is 31.0 Å². The van der Waals surface area contributed by atoms with Crippen LogP contribution in [0.5, 0.6) is 0 Å². The molecule has 100 valence electrons. The van der Waals surface area contributed by atoms with Crippen LogP contribution in [0.4, 0.5) is 0 Å². The van der Waals surface area contributed by atoms with Crippen molar-refractivity contribution in [3.8, 4) is 0 Å². The third-order valence-corrected chi connectivity index (χ3v) is 7.36. The van der Waals surface area contributed by atoms with Crippen molar-refractivity contribution in [3.05, 3.63) is 29.8 Å². The fourth-order valence-electron chi connectivity index (χ4n) is 2.12. The Balaban J connectivity index is 2.14. The molecule has 0 unspecified atom stereocenters. The fraction of sp³-hybridized carbons (Fsp3) is 0.538. The van der Waals surface area contributed by atoms with Crippen molar-refractivity contribution >= 4 is 37.5 Å². The lowest BCUT2D eigenvalue weighted by Gasteiger charge is -2.16. The monoisotopic (exact) mass is 348 g/mol. The van der Waals surface area contributed by atoms with Crippen molar-refractivity contribution in [2.45, 2.75) is 11.8 Å². The Kier molecular flexibility index (Phi) is 4.78. The molecule has 18 heavy (non-hydrogen) atoms. The van der Waals surface area contributed by atoms with Crippen LogP contribution in [0, 0.1) is 18.8 Å². The first kappa shape index (κ1) is 14.4. The second-order valence-corrected chi connectivity index (χ2v) is 8.56. The maximum absolute atomic E-state index is 12.3. The number of alkyl halides is 1. The predicted molar refractivity (Wildman–Crippen MR) is 81.3 cm³/mol. The lowest BCUT2D eigenvalue weighted by molar-refractivity contribution is 0.494. The number of rotatable bonds is 4. The minimum Gasteiger partial charge on any atom is -0.224 e. The average molecular weight is 349 g/mol. The van der Waals surface area contributed by atoms with Gasteiger partial charge in [0.05, 0.1) is 10.6 Å². The number of sulfone groups is 1. The third-order valence-electron chi connectivity index (χ3n) is 3.34. The minimum absolute atomic E-state index is 0.277. The Bertz CT molecular complexity index is 496. The molecule has 0 spiro atoms. The quantitative estimate of drug-likeness (QED) is 0.783. The van der Waals surface area contributed by atoms with Crippen LogP contribution in [0.3, 0.4) is 0 Å². The van der Waals surface area contributed by atoms with Gasteiger partial charge < -0.3 is 0 Å². The standard InChI is InChI=1S/C13H17BrO2S2/c1-10-2-4-13(5-3-10)18(15,16)9-12-8-17-7-11(12)6-14/h2-5,11-12H,6-9H2,1H3/t11-,12-/m0/s1. The molecule has 1 aromatic carbocycles. The Morgan fingerprint density at radius 2 is 1.83 bits per heavy atom. The van der Waals surface area contributed by atoms with E-state index in [0.717, 1.165) is 22.4 Å². The second kappa shape index (κ2) is 5.97. The van der Waals surface area contributed by atoms with E-state index in [1.54, 1.807) is 12.1 Å². The molecule has 1 fully saturated rings. The molecule has 0 aromatic heterocycles. The van der Waals surface area contributed by atoms with Crippen molar-refractivity contribution in [1.29, 1.82) is 0 Å². The van der Waals surface area contributed by atoms with Gasteiger partial charge in [-0.2, -0.15) is 11.8 Å². The zero-order valence-electron chi connectivity index (χ0n) is 10.3. The molecule has 0 saturated carbocycles. The SMILES string of the molecule is Cc1ccc(S(=O)(=O)C[C@@H]2CSC[C@@H]2CBr)cc1. The highest BCUT2D eigenvalue weighted by atomic mass is 79.9. The van der Waals surface area contributed by atoms with Crippen molar-refractivity contribution in [2.75, 3.05) is 22.6 Å². The summed E-state index contributed by atoms with van der Waals surface area (Å²) in [7, 11) is -3.14. The molecule has 1 heterocycles. The summed E-state index contributed by atoms with van der Waals surface area (Å²) >= 11 is 5.34. The maximum Gasteiger partial charge on any atom is 0.178 e. The highest BCUT2D eigenvalue weighted by Crippen LogP contribution is 2.33. The molecule has 0 bridgehead atoms. The van der Waals surface area contributed by atoms with Gasteiger partial charge in [-0.05, 0) is 42.4 Å². The molecule has 0 amide bonds. The molecule has 0 N–H and O–H groups in total. The van der Waals surface area contributed by atoms with Crippen molar-refractivity contribution in [1.82, 2.24) is 0 Å². The van der Waals surface area contributed by atoms with Gasteiger partial charge in [-0.15, -0.1) is 0 Å². The molecular weight excluding hydrogens is 332 g/mol. The van der Waals surface area contributed by atoms with Crippen molar-refractivity contribution < 1.29 is 8.42 Å². The Hall–Kier alpha value is -0.000000000000000111. The second-order valence-electron chi connectivity index (χ2n) is 4.81. The summed E-state index contributed by atoms with van der Waals surface area (Å²) in [6.07, 6.45) is 0. The van der Waals surface area contributed by atoms with E-state index >= 15 is 0 Å². The maximum atomic E-state index is 12.3. The van der Waals surface area contributed by atoms with Gasteiger partial charge in [0.1, 0.15) is 0 Å². The van der Waals surface area contributed by atoms with E-state index in [1.165, 1.54) is 0 Å². The van der Waals surface area contributed by atoms with Gasteiger partial charge in [0, 0.05) is 5.33 Å². The van der Waals surface area contributed by atoms with E-state index in [1.807, 2.05) is 30.8 Å². The highest BCUT2D eigenvalue weighted by molar-refractivity contribution is 9.09. The van der Waals surface area contributed by atoms with Crippen LogP contribution < -0.4 is 0 Å². The molecule has 2 rings (SSSR count). The van der Waals surface area contributed by atoms with E-state index in [9.17, 15) is 8.42 Å². The summed E-state index contributed by atoms with van der Waals surface area (Å²) in [6.45, 7) is 1.96. The Labute approximate surface area is 122 Å². The number of halogens is 1. The topological polar surface area (TPSA) is 34.1 Å². The lowest BCUT2D eigenvalue weighted by atomic mass is 10.0. The van der Waals surface area contributed by atoms with Crippen LogP contribution in [0.2, 0.25) is 0 Å². The summed E-state index contributed by atoms with van der Waals surface area (Å²) < 4.78 is 24.7. The van der Waals surface area contributed by atoms with Gasteiger partial charge in [-0.1, -0.05) is 33.6 Å². The largest absolute Gasteiger partial charge is 0.224 e. The summed E-state index contributed by atoms with van der Waals surface area (Å²) in [5.74, 6) is 3.07. The van der Waals surface area contributed by atoms with Gasteiger partial charge in [0.2, 0.25) is 0 Å². The molecule has 1 saturated heterocycles. The third kappa shape index (κ3) is 3.31. The highest BCUT2D eigenvalue weighted by Gasteiger charge is 2.31. The Morgan fingerprint density at radius 3 is 2.44 bits per heavy atom. The predicted octanol–water partition coefficient (Wildman–Crippen LogP) is 3.14. The van der Waals surface area contributed by atoms with Crippen LogP contribution >= 0.6 is 27.7 Å². The molecule has 0 aliphatic carbocycles. The van der Waals surface area contributed by atoms with Gasteiger partial charge in [-0.25, -0.2) is 8.42 Å². The molecule has 1 aliphatic rings. The summed E-state index contributed by atoms with van der Waals surface area (Å²) in [4.78, 5) is 0.457. The van der Waals surface area contributed by atoms with Gasteiger partial charge >= 0.3 is 0 Å². The molecule has 2 atom stereocenters. The van der Waals surface area contributed by atoms with Crippen LogP contribution in [0.1, 0.15) is 5.56 Å². The average Bonchev–Trinajstić information content (AvgIpc) is 2.76. The van der Waals surface area contributed by atoms with E-state index < -0.39 is 9.84 Å². The molecule has 5 heteroatoms. The number of aryl methyl sites for hydroxylation is 1. The Morgan fingerprint density at radius 1 is 1.22 bits per heavy atom. The van der Waals surface area contributed by atoms with Gasteiger partial charge in [0.15, 0.2) is 9.84 Å². The van der Waals surface area contributed by atoms with E-state index in [-0.39, 0.29) is 11.7 Å². The summed E-state index contributed by atoms with van der Waals surface area (Å²) in [5, 5.41) is 0.897. The summed E-state index contributed by atoms with van der Waals surface area (Å²) in [6, 6.07) is 7.16. The number of thioether (sulfide) groups is 1.